The van der Waals surface area contributed by atoms with E-state index in [4.69, 9.17) is 50.3 Å². The molecule has 4 aromatic rings. The van der Waals surface area contributed by atoms with Crippen molar-refractivity contribution in [2.75, 3.05) is 24.7 Å². The summed E-state index contributed by atoms with van der Waals surface area (Å²) in [6.07, 6.45) is -5.84. The van der Waals surface area contributed by atoms with E-state index >= 15 is 0 Å². The maximum Gasteiger partial charge on any atom is 1.00 e. The second kappa shape index (κ2) is 21.2. The molecule has 2 aliphatic heterocycles. The zero-order valence-electron chi connectivity index (χ0n) is 31.9. The Morgan fingerprint density at radius 1 is 0.625 bits per heavy atom. The third-order valence-corrected chi connectivity index (χ3v) is 15.1. The standard InChI is InChI=1S/2C10H15N5O13P3.2Li/c2*11-10-13-8-7(9(17)14-10)12-3-15(8)6-1-4(16)5(26-6)2-25-30(21,22)28-31(23,24)27-29(18,19)20;;/h2*3-6H,1-2H2,(H,21,22)(H,23,24)(H2,18,19,20)(H3,11,13,14,17);;/q2*-1;2*+1/t2*4-,5+,6+;;/m00../s1. The molecule has 0 saturated carbocycles. The van der Waals surface area contributed by atoms with Gasteiger partial charge in [-0.15, -0.1) is 0 Å². The number of ether oxygens (including phenoxy) is 2. The maximum atomic E-state index is 12.2. The van der Waals surface area contributed by atoms with E-state index in [2.05, 4.69) is 56.2 Å². The first-order chi connectivity index (χ1) is 28.3. The molecular weight excluding hydrogens is 996 g/mol. The van der Waals surface area contributed by atoms with Crippen LogP contribution in [-0.2, 0) is 63.2 Å². The molecule has 6 rings (SSSR count). The zero-order chi connectivity index (χ0) is 46.4. The molecule has 6 heterocycles. The van der Waals surface area contributed by atoms with Crippen molar-refractivity contribution < 1.29 is 150 Å². The molecule has 348 valence electrons. The number of H-pyrrole nitrogens is 2. The molecule has 14 N–H and O–H groups in total. The van der Waals surface area contributed by atoms with Crippen molar-refractivity contribution >= 4 is 81.2 Å². The van der Waals surface area contributed by atoms with Crippen LogP contribution in [0.3, 0.4) is 0 Å². The number of imidazole rings is 2. The third kappa shape index (κ3) is 15.6. The van der Waals surface area contributed by atoms with Crippen LogP contribution in [0.4, 0.5) is 11.9 Å². The Labute approximate surface area is 376 Å². The van der Waals surface area contributed by atoms with E-state index in [1.165, 1.54) is 21.8 Å². The number of hydrogen-bond acceptors (Lipinski definition) is 24. The van der Waals surface area contributed by atoms with Crippen LogP contribution in [0.25, 0.3) is 22.3 Å². The summed E-state index contributed by atoms with van der Waals surface area (Å²) in [5, 5.41) is 24.5. The number of nitrogens with one attached hydrogen (secondary N) is 2. The van der Waals surface area contributed by atoms with E-state index in [9.17, 15) is 57.0 Å². The molecule has 0 aliphatic carbocycles. The number of rotatable bonds is 16. The Morgan fingerprint density at radius 2 is 0.953 bits per heavy atom. The molecule has 64 heavy (non-hydrogen) atoms. The summed E-state index contributed by atoms with van der Waals surface area (Å²) in [7, 11) is -33.3. The van der Waals surface area contributed by atoms with Gasteiger partial charge in [0, 0.05) is 0 Å². The molecule has 0 amide bonds. The van der Waals surface area contributed by atoms with Gasteiger partial charge < -0.3 is 70.3 Å². The van der Waals surface area contributed by atoms with Crippen LogP contribution in [0.1, 0.15) is 25.3 Å². The summed E-state index contributed by atoms with van der Waals surface area (Å²) >= 11 is 0. The molecule has 0 aromatic carbocycles. The van der Waals surface area contributed by atoms with Crippen LogP contribution >= 0.6 is 46.9 Å². The Morgan fingerprint density at radius 3 is 1.27 bits per heavy atom. The van der Waals surface area contributed by atoms with E-state index in [0.717, 1.165) is 0 Å². The Balaban J connectivity index is 0.000000330. The second-order valence-electron chi connectivity index (χ2n) is 12.1. The minimum atomic E-state index is -5.69. The number of nitrogens with two attached hydrogens (primary N) is 2. The van der Waals surface area contributed by atoms with Gasteiger partial charge in [0.1, 0.15) is 12.5 Å². The van der Waals surface area contributed by atoms with Crippen LogP contribution in [-0.4, -0.2) is 116 Å². The van der Waals surface area contributed by atoms with Crippen molar-refractivity contribution in [3.63, 3.8) is 0 Å². The van der Waals surface area contributed by atoms with Crippen molar-refractivity contribution in [3.8, 4) is 0 Å². The first-order valence-electron chi connectivity index (χ1n) is 16.0. The molecule has 0 radical (unpaired) electrons. The number of nitrogen functional groups attached to an aromatic ring is 2. The number of phosphoric acid groups is 6. The van der Waals surface area contributed by atoms with Crippen molar-refractivity contribution in [3.05, 3.63) is 33.4 Å². The van der Waals surface area contributed by atoms with Gasteiger partial charge in [0.05, 0.1) is 38.1 Å². The van der Waals surface area contributed by atoms with Crippen LogP contribution in [0, 0.1) is 0 Å². The van der Waals surface area contributed by atoms with Gasteiger partial charge in [-0.2, -0.15) is 27.2 Å². The molecule has 36 nitrogen and oxygen atoms in total. The van der Waals surface area contributed by atoms with Crippen molar-refractivity contribution in [2.45, 2.75) is 49.7 Å². The first-order valence-corrected chi connectivity index (χ1v) is 25.0. The van der Waals surface area contributed by atoms with E-state index < -0.39 is 108 Å². The number of aromatic amines is 2. The fraction of sp³-hybridized carbons (Fsp3) is 0.500. The van der Waals surface area contributed by atoms with Gasteiger partial charge in [-0.25, -0.2) is 37.4 Å². The van der Waals surface area contributed by atoms with E-state index in [-0.39, 0.29) is 84.8 Å². The Hall–Kier alpha value is -1.85. The zero-order valence-corrected chi connectivity index (χ0v) is 37.3. The van der Waals surface area contributed by atoms with Crippen LogP contribution in [0.5, 0.6) is 0 Å². The van der Waals surface area contributed by atoms with Crippen molar-refractivity contribution in [2.24, 2.45) is 0 Å². The van der Waals surface area contributed by atoms with Crippen molar-refractivity contribution in [1.82, 2.24) is 39.0 Å². The maximum absolute atomic E-state index is 12.2. The summed E-state index contributed by atoms with van der Waals surface area (Å²) in [6.45, 7) is -1.81. The van der Waals surface area contributed by atoms with Gasteiger partial charge in [-0.05, 0) is 12.8 Å². The average Bonchev–Trinajstić information content (AvgIpc) is 3.85. The largest absolute Gasteiger partial charge is 1.00 e. The molecule has 0 bridgehead atoms. The molecule has 2 saturated heterocycles. The van der Waals surface area contributed by atoms with Gasteiger partial charge in [-0.1, -0.05) is 12.2 Å². The second-order valence-corrected chi connectivity index (χ2v) is 21.0. The van der Waals surface area contributed by atoms with Gasteiger partial charge >= 0.3 is 84.7 Å². The van der Waals surface area contributed by atoms with Crippen molar-refractivity contribution in [1.29, 1.82) is 0 Å². The van der Waals surface area contributed by atoms with Crippen LogP contribution < -0.4 is 70.5 Å². The Kier molecular flexibility index (Phi) is 18.7. The fourth-order valence-corrected chi connectivity index (χ4v) is 11.4. The van der Waals surface area contributed by atoms with Gasteiger partial charge in [-0.3, -0.25) is 37.7 Å². The van der Waals surface area contributed by atoms with E-state index in [1.54, 1.807) is 0 Å². The fourth-order valence-electron chi connectivity index (χ4n) is 5.29. The van der Waals surface area contributed by atoms with Crippen LogP contribution in [0.2, 0.25) is 0 Å². The molecular formula is C20H30Li2N10O26P6. The van der Waals surface area contributed by atoms with E-state index in [0.29, 0.717) is 0 Å². The molecule has 4 aromatic heterocycles. The molecule has 0 spiro atoms. The predicted octanol–water partition coefficient (Wildman–Crippen LogP) is -9.87. The summed E-state index contributed by atoms with van der Waals surface area (Å²) in [4.78, 5) is 115. The quantitative estimate of drug-likeness (QED) is 0.0366. The monoisotopic (exact) mass is 1030 g/mol. The minimum absolute atomic E-state index is 0. The smallest absolute Gasteiger partial charge is 0.850 e. The number of aromatic nitrogens is 8. The third-order valence-electron chi connectivity index (χ3n) is 7.52. The first kappa shape index (κ1) is 56.5. The number of anilines is 2. The molecule has 2 aliphatic rings. The summed E-state index contributed by atoms with van der Waals surface area (Å²) < 4.78 is 104. The molecule has 10 atom stereocenters. The van der Waals surface area contributed by atoms with E-state index in [1.807, 2.05) is 0 Å². The number of phosphoric ester groups is 2. The van der Waals surface area contributed by atoms with Gasteiger partial charge in [0.15, 0.2) is 22.3 Å². The predicted molar refractivity (Wildman–Crippen MR) is 189 cm³/mol. The summed E-state index contributed by atoms with van der Waals surface area (Å²) in [5.41, 5.74) is 9.62. The van der Waals surface area contributed by atoms with Gasteiger partial charge in [0.2, 0.25) is 11.9 Å². The Bertz CT molecular complexity index is 2540. The number of fused-ring (bicyclic) bond motifs is 2. The molecule has 4 unspecified atom stereocenters. The molecule has 2 fully saturated rings. The SMILES string of the molecule is Nc1nc2c(ncn2[C@H]2C[C@H]([O-])[C@@H](COP(=O)(O)OP(=O)(O)OP(=O)(O)O)O2)c(=O)[nH]1.Nc1nc2c(ncn2[C@H]2C[C@H]([O-])[C@@H](COP(=O)(O)OP(=O)(O)OP(=O)(O)O)O2)c(=O)[nH]1.[Li+].[Li+]. The van der Waals surface area contributed by atoms with Crippen LogP contribution in [0.15, 0.2) is 22.2 Å². The average molecular weight is 1030 g/mol. The number of nitrogens with zero attached hydrogens (tertiary/aromatic N) is 6. The number of hydrogen-bond donors (Lipinski definition) is 12. The minimum Gasteiger partial charge on any atom is -0.850 e. The molecule has 44 heteroatoms. The summed E-state index contributed by atoms with van der Waals surface area (Å²) in [6, 6.07) is 0. The summed E-state index contributed by atoms with van der Waals surface area (Å²) in [5.74, 6) is -0.416. The normalized spacial score (nSPS) is 25.2. The van der Waals surface area contributed by atoms with Gasteiger partial charge in [0.25, 0.3) is 11.1 Å². The topological polar surface area (TPSA) is 563 Å².